The molecule has 0 spiro atoms. The van der Waals surface area contributed by atoms with Crippen LogP contribution in [0.5, 0.6) is 0 Å². The lowest BCUT2D eigenvalue weighted by molar-refractivity contribution is -0.146. The van der Waals surface area contributed by atoms with E-state index >= 15 is 0 Å². The maximum atomic E-state index is 12.2. The number of ether oxygens (including phenoxy) is 2. The van der Waals surface area contributed by atoms with Crippen molar-refractivity contribution >= 4 is 12.1 Å². The minimum Gasteiger partial charge on any atom is -0.460 e. The Labute approximate surface area is 151 Å². The van der Waals surface area contributed by atoms with E-state index in [1.54, 1.807) is 20.8 Å². The van der Waals surface area contributed by atoms with Crippen LogP contribution in [0.25, 0.3) is 0 Å². The fraction of sp³-hybridized carbons (Fsp3) is 0.895. The molecule has 1 heterocycles. The number of esters is 1. The van der Waals surface area contributed by atoms with Gasteiger partial charge in [0.15, 0.2) is 0 Å². The summed E-state index contributed by atoms with van der Waals surface area (Å²) in [5.74, 6) is 0.0988. The Bertz CT molecular complexity index is 455. The molecule has 0 aromatic rings. The quantitative estimate of drug-likeness (QED) is 0.684. The first kappa shape index (κ1) is 21.7. The number of carbonyl (C=O) groups is 2. The number of cyclic esters (lactones) is 1. The third-order valence-electron chi connectivity index (χ3n) is 4.75. The SMILES string of the molecule is CC(C)C(CO)C[C@H](NC(=O)OC(C)(C)C)[C@@H]1C[C@@H](C(C)C)C(=O)O1. The highest BCUT2D eigenvalue weighted by molar-refractivity contribution is 5.75. The summed E-state index contributed by atoms with van der Waals surface area (Å²) in [5.41, 5.74) is -0.601. The van der Waals surface area contributed by atoms with Crippen LogP contribution in [-0.2, 0) is 14.3 Å². The van der Waals surface area contributed by atoms with Crippen molar-refractivity contribution in [1.82, 2.24) is 5.32 Å². The fourth-order valence-corrected chi connectivity index (χ4v) is 3.07. The van der Waals surface area contributed by atoms with Crippen molar-refractivity contribution in [2.45, 2.75) is 79.1 Å². The zero-order valence-electron chi connectivity index (χ0n) is 16.7. The van der Waals surface area contributed by atoms with Crippen molar-refractivity contribution in [3.8, 4) is 0 Å². The van der Waals surface area contributed by atoms with Crippen molar-refractivity contribution in [2.24, 2.45) is 23.7 Å². The number of rotatable bonds is 7. The average molecular weight is 357 g/mol. The number of amides is 1. The van der Waals surface area contributed by atoms with E-state index < -0.39 is 11.7 Å². The number of alkyl carbamates (subject to hydrolysis) is 1. The molecule has 1 aliphatic rings. The first-order valence-electron chi connectivity index (χ1n) is 9.25. The lowest BCUT2D eigenvalue weighted by Gasteiger charge is -2.30. The van der Waals surface area contributed by atoms with Gasteiger partial charge < -0.3 is 19.9 Å². The van der Waals surface area contributed by atoms with Gasteiger partial charge in [0.2, 0.25) is 0 Å². The maximum absolute atomic E-state index is 12.2. The van der Waals surface area contributed by atoms with Gasteiger partial charge in [-0.15, -0.1) is 0 Å². The zero-order valence-corrected chi connectivity index (χ0v) is 16.7. The van der Waals surface area contributed by atoms with E-state index in [1.807, 2.05) is 27.7 Å². The number of hydrogen-bond acceptors (Lipinski definition) is 5. The summed E-state index contributed by atoms with van der Waals surface area (Å²) in [7, 11) is 0. The molecule has 6 nitrogen and oxygen atoms in total. The Morgan fingerprint density at radius 3 is 2.32 bits per heavy atom. The van der Waals surface area contributed by atoms with Gasteiger partial charge in [-0.1, -0.05) is 27.7 Å². The molecular formula is C19H35NO5. The summed E-state index contributed by atoms with van der Waals surface area (Å²) in [5, 5.41) is 12.5. The molecule has 0 aromatic carbocycles. The second kappa shape index (κ2) is 8.88. The number of carbonyl (C=O) groups excluding carboxylic acids is 2. The Morgan fingerprint density at radius 1 is 1.32 bits per heavy atom. The predicted octanol–water partition coefficient (Wildman–Crippen LogP) is 3.12. The van der Waals surface area contributed by atoms with Gasteiger partial charge in [-0.2, -0.15) is 0 Å². The number of nitrogens with one attached hydrogen (secondary N) is 1. The van der Waals surface area contributed by atoms with Crippen LogP contribution in [0, 0.1) is 23.7 Å². The standard InChI is InChI=1S/C19H35NO5/c1-11(2)13(10-21)8-15(20-18(23)25-19(5,6)7)16-9-14(12(3)4)17(22)24-16/h11-16,21H,8-10H2,1-7H3,(H,20,23)/t13?,14-,15-,16-/m0/s1. The van der Waals surface area contributed by atoms with Crippen LogP contribution in [0.15, 0.2) is 0 Å². The van der Waals surface area contributed by atoms with Crippen molar-refractivity contribution in [3.63, 3.8) is 0 Å². The van der Waals surface area contributed by atoms with E-state index in [2.05, 4.69) is 5.32 Å². The molecule has 146 valence electrons. The monoisotopic (exact) mass is 357 g/mol. The van der Waals surface area contributed by atoms with Gasteiger partial charge in [0.1, 0.15) is 11.7 Å². The van der Waals surface area contributed by atoms with Crippen molar-refractivity contribution in [1.29, 1.82) is 0 Å². The second-order valence-electron chi connectivity index (χ2n) is 8.74. The highest BCUT2D eigenvalue weighted by Crippen LogP contribution is 2.32. The van der Waals surface area contributed by atoms with E-state index in [0.29, 0.717) is 12.8 Å². The molecule has 0 radical (unpaired) electrons. The van der Waals surface area contributed by atoms with E-state index in [0.717, 1.165) is 0 Å². The molecule has 0 bridgehead atoms. The van der Waals surface area contributed by atoms with Gasteiger partial charge in [0.05, 0.1) is 12.0 Å². The highest BCUT2D eigenvalue weighted by Gasteiger charge is 2.42. The largest absolute Gasteiger partial charge is 0.460 e. The Kier molecular flexibility index (Phi) is 7.72. The van der Waals surface area contributed by atoms with E-state index in [-0.39, 0.29) is 48.4 Å². The summed E-state index contributed by atoms with van der Waals surface area (Å²) in [4.78, 5) is 24.3. The van der Waals surface area contributed by atoms with Crippen molar-refractivity contribution in [2.75, 3.05) is 6.61 Å². The van der Waals surface area contributed by atoms with Crippen LogP contribution in [0.1, 0.15) is 61.3 Å². The van der Waals surface area contributed by atoms with Crippen LogP contribution < -0.4 is 5.32 Å². The molecule has 1 aliphatic heterocycles. The van der Waals surface area contributed by atoms with Gasteiger partial charge >= 0.3 is 12.1 Å². The Hall–Kier alpha value is -1.30. The average Bonchev–Trinajstić information content (AvgIpc) is 2.83. The van der Waals surface area contributed by atoms with Gasteiger partial charge in [0.25, 0.3) is 0 Å². The third-order valence-corrected chi connectivity index (χ3v) is 4.75. The van der Waals surface area contributed by atoms with Crippen LogP contribution in [0.2, 0.25) is 0 Å². The fourth-order valence-electron chi connectivity index (χ4n) is 3.07. The van der Waals surface area contributed by atoms with Crippen LogP contribution in [0.3, 0.4) is 0 Å². The number of hydrogen-bond donors (Lipinski definition) is 2. The van der Waals surface area contributed by atoms with Gasteiger partial charge in [-0.3, -0.25) is 4.79 Å². The normalized spacial score (nSPS) is 23.5. The van der Waals surface area contributed by atoms with E-state index in [4.69, 9.17) is 9.47 Å². The summed E-state index contributed by atoms with van der Waals surface area (Å²) < 4.78 is 10.9. The minimum atomic E-state index is -0.601. The first-order chi connectivity index (χ1) is 11.4. The van der Waals surface area contributed by atoms with Crippen LogP contribution >= 0.6 is 0 Å². The van der Waals surface area contributed by atoms with E-state index in [1.165, 1.54) is 0 Å². The maximum Gasteiger partial charge on any atom is 0.408 e. The molecule has 1 saturated heterocycles. The van der Waals surface area contributed by atoms with Crippen molar-refractivity contribution in [3.05, 3.63) is 0 Å². The minimum absolute atomic E-state index is 0.0109. The molecule has 1 unspecified atom stereocenters. The molecule has 25 heavy (non-hydrogen) atoms. The zero-order chi connectivity index (χ0) is 19.4. The molecule has 6 heteroatoms. The molecular weight excluding hydrogens is 322 g/mol. The predicted molar refractivity (Wildman–Crippen MR) is 96.0 cm³/mol. The summed E-state index contributed by atoms with van der Waals surface area (Å²) >= 11 is 0. The van der Waals surface area contributed by atoms with Gasteiger partial charge in [-0.05, 0) is 51.4 Å². The molecule has 4 atom stereocenters. The molecule has 0 aromatic heterocycles. The summed E-state index contributed by atoms with van der Waals surface area (Å²) in [6, 6.07) is -0.373. The first-order valence-corrected chi connectivity index (χ1v) is 9.25. The number of aliphatic hydroxyl groups excluding tert-OH is 1. The van der Waals surface area contributed by atoms with Crippen molar-refractivity contribution < 1.29 is 24.2 Å². The number of aliphatic hydroxyl groups is 1. The third kappa shape index (κ3) is 6.84. The highest BCUT2D eigenvalue weighted by atomic mass is 16.6. The topological polar surface area (TPSA) is 84.9 Å². The smallest absolute Gasteiger partial charge is 0.408 e. The van der Waals surface area contributed by atoms with Crippen LogP contribution in [-0.4, -0.2) is 41.5 Å². The van der Waals surface area contributed by atoms with Crippen LogP contribution in [0.4, 0.5) is 4.79 Å². The molecule has 2 N–H and O–H groups in total. The van der Waals surface area contributed by atoms with E-state index in [9.17, 15) is 14.7 Å². The molecule has 0 saturated carbocycles. The molecule has 1 rings (SSSR count). The molecule has 1 fully saturated rings. The Balaban J connectivity index is 2.88. The van der Waals surface area contributed by atoms with Gasteiger partial charge in [-0.25, -0.2) is 4.79 Å². The van der Waals surface area contributed by atoms with Gasteiger partial charge in [0, 0.05) is 6.61 Å². The lowest BCUT2D eigenvalue weighted by Crippen LogP contribution is -2.47. The molecule has 1 amide bonds. The summed E-state index contributed by atoms with van der Waals surface area (Å²) in [6.45, 7) is 13.5. The lowest BCUT2D eigenvalue weighted by atomic mass is 9.85. The molecule has 0 aliphatic carbocycles. The second-order valence-corrected chi connectivity index (χ2v) is 8.74. The summed E-state index contributed by atoms with van der Waals surface area (Å²) in [6.07, 6.45) is 0.200. The Morgan fingerprint density at radius 2 is 1.92 bits per heavy atom.